The second-order valence-electron chi connectivity index (χ2n) is 6.48. The van der Waals surface area contributed by atoms with Gasteiger partial charge in [-0.05, 0) is 24.3 Å². The second-order valence-corrected chi connectivity index (χ2v) is 6.48. The van der Waals surface area contributed by atoms with Crippen LogP contribution < -0.4 is 15.4 Å². The lowest BCUT2D eigenvalue weighted by Gasteiger charge is -2.36. The predicted octanol–water partition coefficient (Wildman–Crippen LogP) is 2.26. The van der Waals surface area contributed by atoms with Crippen molar-refractivity contribution in [3.05, 3.63) is 63.7 Å². The van der Waals surface area contributed by atoms with E-state index in [2.05, 4.69) is 4.74 Å². The van der Waals surface area contributed by atoms with Gasteiger partial charge in [-0.3, -0.25) is 19.7 Å². The maximum Gasteiger partial charge on any atom is 0.387 e. The highest BCUT2D eigenvalue weighted by Gasteiger charge is 2.28. The average Bonchev–Trinajstić information content (AvgIpc) is 2.73. The Labute approximate surface area is 169 Å². The molecular weight excluding hydrogens is 402 g/mol. The number of carbonyl (C=O) groups excluding carboxylic acids is 2. The minimum Gasteiger partial charge on any atom is -0.434 e. The Hall–Kier alpha value is -3.76. The van der Waals surface area contributed by atoms with Crippen LogP contribution in [-0.4, -0.2) is 54.4 Å². The number of amides is 2. The molecule has 2 aromatic rings. The van der Waals surface area contributed by atoms with Gasteiger partial charge in [-0.25, -0.2) is 0 Å². The average molecular weight is 420 g/mol. The summed E-state index contributed by atoms with van der Waals surface area (Å²) in [5.74, 6) is -1.45. The molecule has 11 heteroatoms. The molecule has 1 fully saturated rings. The smallest absolute Gasteiger partial charge is 0.387 e. The first-order valence-corrected chi connectivity index (χ1v) is 8.94. The number of anilines is 1. The van der Waals surface area contributed by atoms with Crippen LogP contribution in [0, 0.1) is 10.1 Å². The standard InChI is InChI=1S/C19H18F2N4O5/c20-19(21)30-16-4-2-1-3-13(16)18(27)24-9-7-23(8-10-24)14-6-5-12(17(22)26)11-15(14)25(28)29/h1-6,11,19H,7-10H2,(H2,22,26). The molecule has 0 unspecified atom stereocenters. The van der Waals surface area contributed by atoms with E-state index in [-0.39, 0.29) is 48.7 Å². The van der Waals surface area contributed by atoms with Crippen LogP contribution in [0.1, 0.15) is 20.7 Å². The van der Waals surface area contributed by atoms with Gasteiger partial charge >= 0.3 is 6.61 Å². The van der Waals surface area contributed by atoms with Crippen molar-refractivity contribution in [3.63, 3.8) is 0 Å². The van der Waals surface area contributed by atoms with Gasteiger partial charge in [0.05, 0.1) is 10.5 Å². The van der Waals surface area contributed by atoms with Crippen molar-refractivity contribution < 1.29 is 28.0 Å². The number of para-hydroxylation sites is 1. The Morgan fingerprint density at radius 1 is 1.10 bits per heavy atom. The van der Waals surface area contributed by atoms with Gasteiger partial charge < -0.3 is 20.3 Å². The molecular formula is C19H18F2N4O5. The van der Waals surface area contributed by atoms with Gasteiger partial charge in [0, 0.05) is 37.8 Å². The molecule has 0 atom stereocenters. The van der Waals surface area contributed by atoms with Crippen LogP contribution in [0.5, 0.6) is 5.75 Å². The number of nitrogens with two attached hydrogens (primary N) is 1. The molecule has 1 saturated heterocycles. The van der Waals surface area contributed by atoms with E-state index in [0.29, 0.717) is 5.69 Å². The Kier molecular flexibility index (Phi) is 6.09. The first kappa shape index (κ1) is 21.0. The number of ether oxygens (including phenoxy) is 1. The Morgan fingerprint density at radius 2 is 1.77 bits per heavy atom. The Balaban J connectivity index is 1.75. The maximum atomic E-state index is 12.8. The van der Waals surface area contributed by atoms with Crippen LogP contribution in [-0.2, 0) is 0 Å². The summed E-state index contributed by atoms with van der Waals surface area (Å²) in [5.41, 5.74) is 5.27. The first-order valence-electron chi connectivity index (χ1n) is 8.94. The zero-order valence-electron chi connectivity index (χ0n) is 15.7. The molecule has 30 heavy (non-hydrogen) atoms. The molecule has 1 heterocycles. The van der Waals surface area contributed by atoms with Crippen molar-refractivity contribution in [1.82, 2.24) is 4.90 Å². The maximum absolute atomic E-state index is 12.8. The van der Waals surface area contributed by atoms with Crippen LogP contribution >= 0.6 is 0 Å². The van der Waals surface area contributed by atoms with Crippen molar-refractivity contribution in [2.24, 2.45) is 5.73 Å². The number of piperazine rings is 1. The molecule has 9 nitrogen and oxygen atoms in total. The summed E-state index contributed by atoms with van der Waals surface area (Å²) in [4.78, 5) is 38.1. The third-order valence-corrected chi connectivity index (χ3v) is 4.70. The fourth-order valence-corrected chi connectivity index (χ4v) is 3.25. The van der Waals surface area contributed by atoms with E-state index in [1.54, 1.807) is 11.0 Å². The van der Waals surface area contributed by atoms with Crippen molar-refractivity contribution in [2.75, 3.05) is 31.1 Å². The lowest BCUT2D eigenvalue weighted by Crippen LogP contribution is -2.49. The molecule has 0 spiro atoms. The second kappa shape index (κ2) is 8.72. The van der Waals surface area contributed by atoms with E-state index in [1.807, 2.05) is 0 Å². The SMILES string of the molecule is NC(=O)c1ccc(N2CCN(C(=O)c3ccccc3OC(F)F)CC2)c([N+](=O)[O-])c1. The lowest BCUT2D eigenvalue weighted by molar-refractivity contribution is -0.384. The predicted molar refractivity (Wildman–Crippen MR) is 103 cm³/mol. The van der Waals surface area contributed by atoms with Gasteiger partial charge in [-0.2, -0.15) is 8.78 Å². The van der Waals surface area contributed by atoms with Gasteiger partial charge in [0.2, 0.25) is 5.91 Å². The third kappa shape index (κ3) is 4.45. The van der Waals surface area contributed by atoms with Crippen molar-refractivity contribution in [2.45, 2.75) is 6.61 Å². The number of nitrogens with zero attached hydrogens (tertiary/aromatic N) is 3. The van der Waals surface area contributed by atoms with Gasteiger partial charge in [0.25, 0.3) is 11.6 Å². The van der Waals surface area contributed by atoms with Crippen LogP contribution in [0.25, 0.3) is 0 Å². The number of alkyl halides is 2. The van der Waals surface area contributed by atoms with Crippen molar-refractivity contribution >= 4 is 23.2 Å². The fourth-order valence-electron chi connectivity index (χ4n) is 3.25. The summed E-state index contributed by atoms with van der Waals surface area (Å²) in [6.07, 6.45) is 0. The minimum absolute atomic E-state index is 0.0167. The normalized spacial score (nSPS) is 14.0. The number of benzene rings is 2. The summed E-state index contributed by atoms with van der Waals surface area (Å²) in [6.45, 7) is -2.06. The highest BCUT2D eigenvalue weighted by molar-refractivity contribution is 5.97. The number of hydrogen-bond acceptors (Lipinski definition) is 6. The molecule has 2 N–H and O–H groups in total. The fraction of sp³-hybridized carbons (Fsp3) is 0.263. The molecule has 2 amide bonds. The molecule has 0 bridgehead atoms. The van der Waals surface area contributed by atoms with E-state index in [0.717, 1.165) is 6.07 Å². The van der Waals surface area contributed by atoms with Crippen molar-refractivity contribution in [3.8, 4) is 5.75 Å². The van der Waals surface area contributed by atoms with E-state index in [1.165, 1.54) is 35.2 Å². The highest BCUT2D eigenvalue weighted by atomic mass is 19.3. The number of hydrogen-bond donors (Lipinski definition) is 1. The topological polar surface area (TPSA) is 119 Å². The molecule has 0 radical (unpaired) electrons. The third-order valence-electron chi connectivity index (χ3n) is 4.70. The van der Waals surface area contributed by atoms with Gasteiger partial charge in [-0.15, -0.1) is 0 Å². The zero-order chi connectivity index (χ0) is 21.8. The molecule has 2 aromatic carbocycles. The number of rotatable bonds is 6. The van der Waals surface area contributed by atoms with Crippen molar-refractivity contribution in [1.29, 1.82) is 0 Å². The van der Waals surface area contributed by atoms with Crippen LogP contribution in [0.3, 0.4) is 0 Å². The van der Waals surface area contributed by atoms with E-state index in [9.17, 15) is 28.5 Å². The quantitative estimate of drug-likeness (QED) is 0.566. The largest absolute Gasteiger partial charge is 0.434 e. The molecule has 1 aliphatic rings. The highest BCUT2D eigenvalue weighted by Crippen LogP contribution is 2.30. The number of halogens is 2. The molecule has 3 rings (SSSR count). The number of carbonyl (C=O) groups is 2. The van der Waals surface area contributed by atoms with Gasteiger partial charge in [0.15, 0.2) is 0 Å². The summed E-state index contributed by atoms with van der Waals surface area (Å²) in [5, 5.41) is 11.4. The van der Waals surface area contributed by atoms with E-state index < -0.39 is 23.3 Å². The van der Waals surface area contributed by atoms with Gasteiger partial charge in [0.1, 0.15) is 11.4 Å². The molecule has 0 aromatic heterocycles. The number of nitro benzene ring substituents is 1. The monoisotopic (exact) mass is 420 g/mol. The number of nitro groups is 1. The first-order chi connectivity index (χ1) is 14.3. The molecule has 158 valence electrons. The van der Waals surface area contributed by atoms with Crippen LogP contribution in [0.15, 0.2) is 42.5 Å². The molecule has 0 saturated carbocycles. The Bertz CT molecular complexity index is 977. The van der Waals surface area contributed by atoms with E-state index >= 15 is 0 Å². The van der Waals surface area contributed by atoms with Crippen LogP contribution in [0.2, 0.25) is 0 Å². The summed E-state index contributed by atoms with van der Waals surface area (Å²) in [7, 11) is 0. The number of primary amides is 1. The minimum atomic E-state index is -3.06. The zero-order valence-corrected chi connectivity index (χ0v) is 15.7. The van der Waals surface area contributed by atoms with Gasteiger partial charge in [-0.1, -0.05) is 12.1 Å². The summed E-state index contributed by atoms with van der Waals surface area (Å²) < 4.78 is 29.6. The Morgan fingerprint density at radius 3 is 2.37 bits per heavy atom. The lowest BCUT2D eigenvalue weighted by atomic mass is 10.1. The van der Waals surface area contributed by atoms with E-state index in [4.69, 9.17) is 5.73 Å². The molecule has 0 aliphatic carbocycles. The van der Waals surface area contributed by atoms with Crippen LogP contribution in [0.4, 0.5) is 20.2 Å². The summed E-state index contributed by atoms with van der Waals surface area (Å²) in [6, 6.07) is 9.70. The molecule has 1 aliphatic heterocycles. The summed E-state index contributed by atoms with van der Waals surface area (Å²) >= 11 is 0.